The van der Waals surface area contributed by atoms with Crippen molar-refractivity contribution >= 4 is 26.2 Å². The first-order valence-corrected chi connectivity index (χ1v) is 8.05. The smallest absolute Gasteiger partial charge is 0.325 e. The lowest BCUT2D eigenvalue weighted by molar-refractivity contribution is -0.137. The number of carboxylic acids is 1. The lowest BCUT2D eigenvalue weighted by Crippen LogP contribution is -1.90. The van der Waals surface area contributed by atoms with Gasteiger partial charge in [-0.15, -0.1) is 0 Å². The maximum atomic E-state index is 9.93. The average Bonchev–Trinajstić information content (AvgIpc) is 2.17. The minimum absolute atomic E-state index is 0.00694. The van der Waals surface area contributed by atoms with Crippen LogP contribution < -0.4 is 0 Å². The Balaban J connectivity index is -0.000000180. The number of hydrogen-bond donors (Lipinski definition) is 4. The summed E-state index contributed by atoms with van der Waals surface area (Å²) >= 11 is 3.92. The van der Waals surface area contributed by atoms with Crippen LogP contribution in [0.25, 0.3) is 0 Å². The third-order valence-electron chi connectivity index (χ3n) is 1.20. The summed E-state index contributed by atoms with van der Waals surface area (Å²) in [6.45, 7) is 5.68. The van der Waals surface area contributed by atoms with Crippen molar-refractivity contribution in [3.63, 3.8) is 0 Å². The molecule has 0 radical (unpaired) electrons. The van der Waals surface area contributed by atoms with Gasteiger partial charge in [-0.3, -0.25) is 9.36 Å². The molecule has 0 aromatic carbocycles. The number of aliphatic carboxylic acids is 1. The molecule has 0 aromatic heterocycles. The number of hydrogen-bond acceptors (Lipinski definition) is 3. The normalized spacial score (nSPS) is 9.53. The Morgan fingerprint density at radius 2 is 1.53 bits per heavy atom. The Kier molecular flexibility index (Phi) is 20.8. The quantitative estimate of drug-likeness (QED) is 0.461. The molecule has 0 aliphatic rings. The minimum Gasteiger partial charge on any atom is -0.481 e. The lowest BCUT2D eigenvalue weighted by atomic mass is 10.4. The summed E-state index contributed by atoms with van der Waals surface area (Å²) in [5.74, 6) is 0.303. The van der Waals surface area contributed by atoms with E-state index in [1.54, 1.807) is 6.92 Å². The fraction of sp³-hybridized carbons (Fsp3) is 0.900. The van der Waals surface area contributed by atoms with Crippen molar-refractivity contribution in [3.8, 4) is 0 Å². The molecular formula is C10H25O5PS. The zero-order chi connectivity index (χ0) is 14.3. The molecule has 0 aliphatic heterocycles. The molecule has 0 saturated heterocycles. The van der Waals surface area contributed by atoms with Gasteiger partial charge in [0, 0.05) is 12.6 Å². The van der Waals surface area contributed by atoms with Crippen LogP contribution in [0.15, 0.2) is 0 Å². The Morgan fingerprint density at radius 3 is 1.53 bits per heavy atom. The second-order valence-electron chi connectivity index (χ2n) is 3.26. The van der Waals surface area contributed by atoms with Gasteiger partial charge >= 0.3 is 13.6 Å². The van der Waals surface area contributed by atoms with Crippen LogP contribution in [0.4, 0.5) is 0 Å². The summed E-state index contributed by atoms with van der Waals surface area (Å²) in [4.78, 5) is 25.9. The van der Waals surface area contributed by atoms with E-state index >= 15 is 0 Å². The summed E-state index contributed by atoms with van der Waals surface area (Å²) in [5.41, 5.74) is 0. The average molecular weight is 288 g/mol. The number of carboxylic acid groups (broad SMARTS) is 1. The first kappa shape index (κ1) is 22.2. The van der Waals surface area contributed by atoms with E-state index in [9.17, 15) is 9.36 Å². The molecular weight excluding hydrogens is 263 g/mol. The van der Waals surface area contributed by atoms with Crippen molar-refractivity contribution in [2.75, 3.05) is 11.9 Å². The van der Waals surface area contributed by atoms with E-state index in [4.69, 9.17) is 14.9 Å². The molecule has 0 aliphatic carbocycles. The predicted molar refractivity (Wildman–Crippen MR) is 73.9 cm³/mol. The van der Waals surface area contributed by atoms with Crippen molar-refractivity contribution in [1.29, 1.82) is 0 Å². The zero-order valence-corrected chi connectivity index (χ0v) is 12.6. The van der Waals surface area contributed by atoms with Gasteiger partial charge in [0.2, 0.25) is 0 Å². The first-order valence-electron chi connectivity index (χ1n) is 5.62. The number of carbonyl (C=O) groups is 1. The van der Waals surface area contributed by atoms with E-state index in [0.29, 0.717) is 12.8 Å². The minimum atomic E-state index is -3.67. The SMILES string of the molecule is CCCC(=O)O.CCCP(=O)(O)O.CCCS. The highest BCUT2D eigenvalue weighted by atomic mass is 32.1. The molecule has 0 unspecified atom stereocenters. The highest BCUT2D eigenvalue weighted by Crippen LogP contribution is 2.34. The summed E-state index contributed by atoms with van der Waals surface area (Å²) in [6, 6.07) is 0. The van der Waals surface area contributed by atoms with Gasteiger partial charge in [0.15, 0.2) is 0 Å². The third-order valence-corrected chi connectivity index (χ3v) is 2.68. The second kappa shape index (κ2) is 16.0. The molecule has 106 valence electrons. The van der Waals surface area contributed by atoms with Gasteiger partial charge in [0.1, 0.15) is 0 Å². The second-order valence-corrected chi connectivity index (χ2v) is 5.48. The molecule has 5 nitrogen and oxygen atoms in total. The van der Waals surface area contributed by atoms with Crippen LogP contribution in [-0.2, 0) is 9.36 Å². The van der Waals surface area contributed by atoms with E-state index in [0.717, 1.165) is 12.2 Å². The fourth-order valence-corrected chi connectivity index (χ4v) is 1.09. The molecule has 0 heterocycles. The maximum Gasteiger partial charge on any atom is 0.325 e. The highest BCUT2D eigenvalue weighted by Gasteiger charge is 2.08. The summed E-state index contributed by atoms with van der Waals surface area (Å²) < 4.78 is 9.93. The van der Waals surface area contributed by atoms with Crippen LogP contribution in [0, 0.1) is 0 Å². The van der Waals surface area contributed by atoms with Crippen LogP contribution in [-0.4, -0.2) is 32.8 Å². The standard InChI is InChI=1S/C4H8O2.C3H9O3P.C3H8S/c1-2-3-4(5)6;1-2-3-7(4,5)6;1-2-3-4/h2-3H2,1H3,(H,5,6);2-3H2,1H3,(H2,4,5,6);4H,2-3H2,1H3. The zero-order valence-electron chi connectivity index (χ0n) is 10.8. The lowest BCUT2D eigenvalue weighted by Gasteiger charge is -1.96. The van der Waals surface area contributed by atoms with Crippen molar-refractivity contribution in [1.82, 2.24) is 0 Å². The van der Waals surface area contributed by atoms with Gasteiger partial charge in [-0.2, -0.15) is 12.6 Å². The molecule has 0 saturated carbocycles. The van der Waals surface area contributed by atoms with Crippen molar-refractivity contribution in [3.05, 3.63) is 0 Å². The summed E-state index contributed by atoms with van der Waals surface area (Å²) in [6.07, 6.45) is 2.76. The fourth-order valence-electron chi connectivity index (χ4n) is 0.505. The molecule has 0 bridgehead atoms. The topological polar surface area (TPSA) is 94.8 Å². The Labute approximate surface area is 109 Å². The van der Waals surface area contributed by atoms with E-state index in [2.05, 4.69) is 19.6 Å². The highest BCUT2D eigenvalue weighted by molar-refractivity contribution is 7.80. The maximum absolute atomic E-state index is 9.93. The monoisotopic (exact) mass is 288 g/mol. The summed E-state index contributed by atoms with van der Waals surface area (Å²) in [7, 11) is -3.67. The molecule has 7 heteroatoms. The van der Waals surface area contributed by atoms with Crippen LogP contribution in [0.3, 0.4) is 0 Å². The van der Waals surface area contributed by atoms with Crippen LogP contribution >= 0.6 is 20.2 Å². The molecule has 3 N–H and O–H groups in total. The molecule has 0 amide bonds. The van der Waals surface area contributed by atoms with E-state index in [1.807, 2.05) is 6.92 Å². The Morgan fingerprint density at radius 1 is 1.12 bits per heavy atom. The molecule has 0 fully saturated rings. The van der Waals surface area contributed by atoms with Crippen LogP contribution in [0.1, 0.15) is 46.5 Å². The van der Waals surface area contributed by atoms with E-state index in [-0.39, 0.29) is 6.16 Å². The van der Waals surface area contributed by atoms with Gasteiger partial charge in [-0.25, -0.2) is 0 Å². The number of rotatable bonds is 5. The van der Waals surface area contributed by atoms with Gasteiger partial charge < -0.3 is 14.9 Å². The predicted octanol–water partition coefficient (Wildman–Crippen LogP) is 2.77. The van der Waals surface area contributed by atoms with Crippen molar-refractivity contribution in [2.45, 2.75) is 46.5 Å². The van der Waals surface area contributed by atoms with Gasteiger partial charge in [0.05, 0.1) is 0 Å². The Hall–Kier alpha value is -0.0300. The van der Waals surface area contributed by atoms with Gasteiger partial charge in [0.25, 0.3) is 0 Å². The van der Waals surface area contributed by atoms with Gasteiger partial charge in [-0.05, 0) is 25.0 Å². The van der Waals surface area contributed by atoms with Crippen LogP contribution in [0.5, 0.6) is 0 Å². The number of thiol groups is 1. The Bertz CT molecular complexity index is 203. The molecule has 0 atom stereocenters. The van der Waals surface area contributed by atoms with Crippen molar-refractivity contribution in [2.24, 2.45) is 0 Å². The summed E-state index contributed by atoms with van der Waals surface area (Å²) in [5, 5.41) is 7.91. The third kappa shape index (κ3) is 49.1. The van der Waals surface area contributed by atoms with Crippen molar-refractivity contribution < 1.29 is 24.3 Å². The largest absolute Gasteiger partial charge is 0.481 e. The molecule has 0 aromatic rings. The van der Waals surface area contributed by atoms with Crippen LogP contribution in [0.2, 0.25) is 0 Å². The van der Waals surface area contributed by atoms with E-state index in [1.165, 1.54) is 6.42 Å². The first-order chi connectivity index (χ1) is 7.74. The van der Waals surface area contributed by atoms with E-state index < -0.39 is 13.6 Å². The molecule has 0 spiro atoms. The molecule has 0 rings (SSSR count). The van der Waals surface area contributed by atoms with Gasteiger partial charge in [-0.1, -0.05) is 20.8 Å². The molecule has 17 heavy (non-hydrogen) atoms.